The number of carbonyl (C=O) groups excluding carboxylic acids is 2. The van der Waals surface area contributed by atoms with Gasteiger partial charge in [-0.2, -0.15) is 16.6 Å². The molecule has 1 rings (SSSR count). The van der Waals surface area contributed by atoms with Crippen molar-refractivity contribution in [1.82, 2.24) is 5.32 Å². The molecule has 1 N–H and O–H groups in total. The van der Waals surface area contributed by atoms with E-state index in [1.54, 1.807) is 11.3 Å². The van der Waals surface area contributed by atoms with E-state index in [0.717, 1.165) is 5.56 Å². The fraction of sp³-hybridized carbons (Fsp3) is 0.417. The van der Waals surface area contributed by atoms with Crippen LogP contribution in [-0.2, 0) is 20.7 Å². The van der Waals surface area contributed by atoms with Gasteiger partial charge in [0.05, 0.1) is 12.5 Å². The number of carbonyl (C=O) groups is 2. The Kier molecular flexibility index (Phi) is 6.51. The highest BCUT2D eigenvalue weighted by Crippen LogP contribution is 2.08. The lowest BCUT2D eigenvalue weighted by atomic mass is 10.2. The lowest BCUT2D eigenvalue weighted by Gasteiger charge is -2.04. The first-order chi connectivity index (χ1) is 8.72. The normalized spacial score (nSPS) is 9.50. The van der Waals surface area contributed by atoms with Gasteiger partial charge < -0.3 is 10.1 Å². The van der Waals surface area contributed by atoms with Crippen molar-refractivity contribution in [3.63, 3.8) is 0 Å². The molecule has 0 atom stereocenters. The van der Waals surface area contributed by atoms with Crippen LogP contribution in [0.25, 0.3) is 0 Å². The van der Waals surface area contributed by atoms with Crippen molar-refractivity contribution in [2.45, 2.75) is 19.3 Å². The third kappa shape index (κ3) is 6.01. The molecule has 1 amide bonds. The standard InChI is InChI=1S/C12H14N2O3S/c13-5-1-6-14-11(15)8-17-12(16)3-2-10-4-7-18-9-10/h4,7,9H,1-3,6,8H2,(H,14,15). The van der Waals surface area contributed by atoms with E-state index in [0.29, 0.717) is 6.42 Å². The molecule has 0 aliphatic rings. The van der Waals surface area contributed by atoms with Crippen molar-refractivity contribution in [2.75, 3.05) is 13.2 Å². The van der Waals surface area contributed by atoms with Gasteiger partial charge in [-0.15, -0.1) is 0 Å². The Hall–Kier alpha value is -1.87. The fourth-order valence-corrected chi connectivity index (χ4v) is 1.91. The average Bonchev–Trinajstić information content (AvgIpc) is 2.87. The van der Waals surface area contributed by atoms with Crippen molar-refractivity contribution in [3.8, 4) is 6.07 Å². The van der Waals surface area contributed by atoms with Crippen LogP contribution < -0.4 is 5.32 Å². The van der Waals surface area contributed by atoms with Crippen molar-refractivity contribution in [1.29, 1.82) is 5.26 Å². The second-order valence-corrected chi connectivity index (χ2v) is 4.33. The largest absolute Gasteiger partial charge is 0.456 e. The van der Waals surface area contributed by atoms with Gasteiger partial charge in [-0.3, -0.25) is 9.59 Å². The molecule has 96 valence electrons. The number of ether oxygens (including phenoxy) is 1. The Morgan fingerprint density at radius 2 is 2.33 bits per heavy atom. The topological polar surface area (TPSA) is 79.2 Å². The summed E-state index contributed by atoms with van der Waals surface area (Å²) in [4.78, 5) is 22.5. The molecule has 0 radical (unpaired) electrons. The first-order valence-corrected chi connectivity index (χ1v) is 6.47. The zero-order valence-electron chi connectivity index (χ0n) is 9.85. The molecule has 0 saturated carbocycles. The van der Waals surface area contributed by atoms with Crippen LogP contribution >= 0.6 is 11.3 Å². The minimum Gasteiger partial charge on any atom is -0.456 e. The van der Waals surface area contributed by atoms with Gasteiger partial charge in [0.2, 0.25) is 0 Å². The van der Waals surface area contributed by atoms with E-state index in [1.165, 1.54) is 0 Å². The lowest BCUT2D eigenvalue weighted by Crippen LogP contribution is -2.29. The molecule has 1 heterocycles. The summed E-state index contributed by atoms with van der Waals surface area (Å²) < 4.78 is 4.80. The number of esters is 1. The SMILES string of the molecule is N#CCCNC(=O)COC(=O)CCc1ccsc1. The van der Waals surface area contributed by atoms with Crippen molar-refractivity contribution in [2.24, 2.45) is 0 Å². The Labute approximate surface area is 109 Å². The maximum Gasteiger partial charge on any atom is 0.306 e. The lowest BCUT2D eigenvalue weighted by molar-refractivity contribution is -0.148. The van der Waals surface area contributed by atoms with Gasteiger partial charge in [-0.05, 0) is 28.8 Å². The molecule has 0 saturated heterocycles. The Morgan fingerprint density at radius 1 is 1.50 bits per heavy atom. The highest BCUT2D eigenvalue weighted by Gasteiger charge is 2.07. The van der Waals surface area contributed by atoms with E-state index in [2.05, 4.69) is 5.32 Å². The summed E-state index contributed by atoms with van der Waals surface area (Å²) in [5.74, 6) is -0.772. The van der Waals surface area contributed by atoms with Gasteiger partial charge in [-0.25, -0.2) is 0 Å². The maximum absolute atomic E-state index is 11.3. The molecule has 0 aliphatic carbocycles. The van der Waals surface area contributed by atoms with E-state index in [4.69, 9.17) is 10.00 Å². The number of thiophene rings is 1. The van der Waals surface area contributed by atoms with Crippen molar-refractivity contribution in [3.05, 3.63) is 22.4 Å². The summed E-state index contributed by atoms with van der Waals surface area (Å²) in [7, 11) is 0. The molecule has 5 nitrogen and oxygen atoms in total. The van der Waals surface area contributed by atoms with Crippen LogP contribution in [0.2, 0.25) is 0 Å². The van der Waals surface area contributed by atoms with E-state index in [1.807, 2.05) is 22.9 Å². The minimum absolute atomic E-state index is 0.248. The van der Waals surface area contributed by atoms with Crippen LogP contribution in [-0.4, -0.2) is 25.0 Å². The second kappa shape index (κ2) is 8.25. The molecule has 1 aromatic heterocycles. The zero-order chi connectivity index (χ0) is 13.2. The third-order valence-electron chi connectivity index (χ3n) is 2.12. The molecule has 0 fully saturated rings. The van der Waals surface area contributed by atoms with Crippen LogP contribution in [0.5, 0.6) is 0 Å². The maximum atomic E-state index is 11.3. The molecule has 18 heavy (non-hydrogen) atoms. The Morgan fingerprint density at radius 3 is 3.00 bits per heavy atom. The first-order valence-electron chi connectivity index (χ1n) is 5.52. The molecular weight excluding hydrogens is 252 g/mol. The van der Waals surface area contributed by atoms with Gasteiger partial charge in [0.15, 0.2) is 6.61 Å². The van der Waals surface area contributed by atoms with Gasteiger partial charge in [0, 0.05) is 13.0 Å². The Bertz CT molecular complexity index is 423. The summed E-state index contributed by atoms with van der Waals surface area (Å²) in [6.45, 7) is -0.00428. The predicted molar refractivity (Wildman–Crippen MR) is 66.8 cm³/mol. The summed E-state index contributed by atoms with van der Waals surface area (Å²) in [5.41, 5.74) is 1.09. The smallest absolute Gasteiger partial charge is 0.306 e. The summed E-state index contributed by atoms with van der Waals surface area (Å²) in [5, 5.41) is 14.7. The summed E-state index contributed by atoms with van der Waals surface area (Å²) >= 11 is 1.58. The van der Waals surface area contributed by atoms with Gasteiger partial charge >= 0.3 is 5.97 Å². The van der Waals surface area contributed by atoms with Gasteiger partial charge in [0.25, 0.3) is 5.91 Å². The third-order valence-corrected chi connectivity index (χ3v) is 2.85. The molecule has 1 aromatic rings. The number of amides is 1. The van der Waals surface area contributed by atoms with E-state index >= 15 is 0 Å². The Balaban J connectivity index is 2.09. The number of nitrogens with zero attached hydrogens (tertiary/aromatic N) is 1. The number of hydrogen-bond acceptors (Lipinski definition) is 5. The van der Waals surface area contributed by atoms with E-state index in [9.17, 15) is 9.59 Å². The predicted octanol–water partition coefficient (Wildman–Crippen LogP) is 1.25. The van der Waals surface area contributed by atoms with Crippen LogP contribution in [0.4, 0.5) is 0 Å². The summed E-state index contributed by atoms with van der Waals surface area (Å²) in [6.07, 6.45) is 1.14. The molecule has 0 bridgehead atoms. The van der Waals surface area contributed by atoms with Crippen LogP contribution in [0.1, 0.15) is 18.4 Å². The fourth-order valence-electron chi connectivity index (χ4n) is 1.21. The average molecular weight is 266 g/mol. The first kappa shape index (κ1) is 14.2. The number of nitriles is 1. The highest BCUT2D eigenvalue weighted by molar-refractivity contribution is 7.07. The van der Waals surface area contributed by atoms with Crippen molar-refractivity contribution < 1.29 is 14.3 Å². The highest BCUT2D eigenvalue weighted by atomic mass is 32.1. The van der Waals surface area contributed by atoms with Gasteiger partial charge in [0.1, 0.15) is 0 Å². The molecule has 0 unspecified atom stereocenters. The molecule has 0 aromatic carbocycles. The van der Waals surface area contributed by atoms with Crippen LogP contribution in [0, 0.1) is 11.3 Å². The van der Waals surface area contributed by atoms with Crippen molar-refractivity contribution >= 4 is 23.2 Å². The molecule has 0 aliphatic heterocycles. The van der Waals surface area contributed by atoms with Crippen LogP contribution in [0.3, 0.4) is 0 Å². The number of aryl methyl sites for hydroxylation is 1. The minimum atomic E-state index is -0.392. The van der Waals surface area contributed by atoms with E-state index < -0.39 is 5.97 Å². The summed E-state index contributed by atoms with van der Waals surface area (Å²) in [6, 6.07) is 3.85. The van der Waals surface area contributed by atoms with Gasteiger partial charge in [-0.1, -0.05) is 0 Å². The molecular formula is C12H14N2O3S. The molecule has 6 heteroatoms. The van der Waals surface area contributed by atoms with Crippen LogP contribution in [0.15, 0.2) is 16.8 Å². The zero-order valence-corrected chi connectivity index (χ0v) is 10.7. The monoisotopic (exact) mass is 266 g/mol. The molecule has 0 spiro atoms. The number of nitrogens with one attached hydrogen (secondary N) is 1. The number of hydrogen-bond donors (Lipinski definition) is 1. The quantitative estimate of drug-likeness (QED) is 0.595. The number of rotatable bonds is 7. The second-order valence-electron chi connectivity index (χ2n) is 3.55. The van der Waals surface area contributed by atoms with E-state index in [-0.39, 0.29) is 31.9 Å².